The fraction of sp³-hybridized carbons (Fsp3) is 0.316. The molecule has 2 aromatic heterocycles. The molecule has 0 aliphatic rings. The number of guanidine groups is 1. The number of halogens is 1. The Balaban J connectivity index is 0.00000261. The highest BCUT2D eigenvalue weighted by molar-refractivity contribution is 14.0. The van der Waals surface area contributed by atoms with E-state index in [0.717, 1.165) is 29.8 Å². The van der Waals surface area contributed by atoms with E-state index in [1.807, 2.05) is 30.8 Å². The monoisotopic (exact) mass is 496 g/mol. The third-order valence-electron chi connectivity index (χ3n) is 4.10. The van der Waals surface area contributed by atoms with Crippen LogP contribution in [0.2, 0.25) is 0 Å². The second kappa shape index (κ2) is 10.4. The van der Waals surface area contributed by atoms with Gasteiger partial charge in [0.25, 0.3) is 0 Å². The van der Waals surface area contributed by atoms with E-state index in [2.05, 4.69) is 50.0 Å². The normalized spacial score (nSPS) is 11.1. The number of rotatable bonds is 6. The zero-order valence-corrected chi connectivity index (χ0v) is 18.9. The van der Waals surface area contributed by atoms with Gasteiger partial charge in [-0.25, -0.2) is 4.98 Å². The van der Waals surface area contributed by atoms with E-state index < -0.39 is 0 Å². The first kappa shape index (κ1) is 21.4. The number of hydrogen-bond acceptors (Lipinski definition) is 4. The van der Waals surface area contributed by atoms with Crippen LogP contribution in [0.1, 0.15) is 26.7 Å². The van der Waals surface area contributed by atoms with Gasteiger partial charge in [0.1, 0.15) is 0 Å². The molecule has 6 nitrogen and oxygen atoms in total. The largest absolute Gasteiger partial charge is 0.352 e. The number of hydrogen-bond donors (Lipinski definition) is 2. The molecule has 0 amide bonds. The number of thiazole rings is 1. The van der Waals surface area contributed by atoms with Gasteiger partial charge in [0, 0.05) is 30.9 Å². The summed E-state index contributed by atoms with van der Waals surface area (Å²) in [6, 6.07) is 10.3. The molecule has 1 aromatic carbocycles. The smallest absolute Gasteiger partial charge is 0.191 e. The summed E-state index contributed by atoms with van der Waals surface area (Å²) in [5.74, 6) is 0.782. The van der Waals surface area contributed by atoms with Crippen molar-refractivity contribution in [3.63, 3.8) is 0 Å². The lowest BCUT2D eigenvalue weighted by Crippen LogP contribution is -2.36. The second-order valence-electron chi connectivity index (χ2n) is 5.99. The number of aromatic nitrogens is 3. The molecule has 0 atom stereocenters. The van der Waals surface area contributed by atoms with Crippen LogP contribution in [0.4, 0.5) is 0 Å². The molecule has 8 heteroatoms. The first-order valence-corrected chi connectivity index (χ1v) is 9.39. The van der Waals surface area contributed by atoms with Crippen molar-refractivity contribution in [2.75, 3.05) is 7.05 Å². The van der Waals surface area contributed by atoms with Gasteiger partial charge in [0.05, 0.1) is 23.8 Å². The first-order chi connectivity index (χ1) is 12.7. The van der Waals surface area contributed by atoms with Crippen molar-refractivity contribution < 1.29 is 0 Å². The van der Waals surface area contributed by atoms with Crippen LogP contribution in [0, 0.1) is 13.8 Å². The molecule has 0 radical (unpaired) electrons. The van der Waals surface area contributed by atoms with Gasteiger partial charge in [0.2, 0.25) is 0 Å². The number of benzene rings is 1. The zero-order valence-electron chi connectivity index (χ0n) is 15.8. The maximum atomic E-state index is 4.47. The van der Waals surface area contributed by atoms with E-state index >= 15 is 0 Å². The molecular weight excluding hydrogens is 471 g/mol. The fourth-order valence-electron chi connectivity index (χ4n) is 2.75. The summed E-state index contributed by atoms with van der Waals surface area (Å²) in [6.45, 7) is 6.27. The molecule has 0 spiro atoms. The molecule has 0 bridgehead atoms. The van der Waals surface area contributed by atoms with E-state index in [0.29, 0.717) is 6.54 Å². The zero-order chi connectivity index (χ0) is 18.4. The summed E-state index contributed by atoms with van der Waals surface area (Å²) in [5.41, 5.74) is 3.56. The van der Waals surface area contributed by atoms with Gasteiger partial charge in [-0.05, 0) is 31.0 Å². The van der Waals surface area contributed by atoms with E-state index in [1.165, 1.54) is 16.0 Å². The number of nitrogens with zero attached hydrogens (tertiary/aromatic N) is 4. The molecule has 0 unspecified atom stereocenters. The van der Waals surface area contributed by atoms with Crippen molar-refractivity contribution in [1.29, 1.82) is 0 Å². The lowest BCUT2D eigenvalue weighted by atomic mass is 10.1. The molecule has 2 N–H and O–H groups in total. The number of nitrogens with one attached hydrogen (secondary N) is 2. The van der Waals surface area contributed by atoms with Crippen molar-refractivity contribution in [3.05, 3.63) is 69.4 Å². The predicted octanol–water partition coefficient (Wildman–Crippen LogP) is 3.49. The minimum absolute atomic E-state index is 0. The van der Waals surface area contributed by atoms with Crippen molar-refractivity contribution >= 4 is 41.3 Å². The Morgan fingerprint density at radius 1 is 1.11 bits per heavy atom. The minimum atomic E-state index is 0. The molecule has 0 saturated heterocycles. The molecule has 144 valence electrons. The third kappa shape index (κ3) is 6.03. The Kier molecular flexibility index (Phi) is 8.23. The first-order valence-electron chi connectivity index (χ1n) is 8.57. The maximum Gasteiger partial charge on any atom is 0.191 e. The van der Waals surface area contributed by atoms with Crippen LogP contribution in [0.25, 0.3) is 0 Å². The molecule has 3 rings (SSSR count). The lowest BCUT2D eigenvalue weighted by Gasteiger charge is -2.14. The third-order valence-corrected chi connectivity index (χ3v) is 5.17. The molecule has 27 heavy (non-hydrogen) atoms. The van der Waals surface area contributed by atoms with Gasteiger partial charge in [0.15, 0.2) is 5.96 Å². The summed E-state index contributed by atoms with van der Waals surface area (Å²) < 4.78 is 1.93. The lowest BCUT2D eigenvalue weighted by molar-refractivity contribution is 0.677. The fourth-order valence-corrected chi connectivity index (χ4v) is 3.63. The topological polar surface area (TPSA) is 67.1 Å². The van der Waals surface area contributed by atoms with Crippen LogP contribution in [0.3, 0.4) is 0 Å². The molecule has 0 fully saturated rings. The summed E-state index contributed by atoms with van der Waals surface area (Å²) in [7, 11) is 1.79. The quantitative estimate of drug-likeness (QED) is 0.312. The van der Waals surface area contributed by atoms with Crippen molar-refractivity contribution in [2.45, 2.75) is 33.5 Å². The highest BCUT2D eigenvalue weighted by Crippen LogP contribution is 2.16. The van der Waals surface area contributed by atoms with Gasteiger partial charge in [-0.3, -0.25) is 9.67 Å². The van der Waals surface area contributed by atoms with Gasteiger partial charge in [-0.15, -0.1) is 35.3 Å². The van der Waals surface area contributed by atoms with E-state index in [1.54, 1.807) is 24.6 Å². The molecule has 0 aliphatic heterocycles. The van der Waals surface area contributed by atoms with Crippen LogP contribution in [-0.4, -0.2) is 27.8 Å². The molecule has 2 heterocycles. The minimum Gasteiger partial charge on any atom is -0.352 e. The average Bonchev–Trinajstić information content (AvgIpc) is 3.25. The van der Waals surface area contributed by atoms with E-state index in [9.17, 15) is 0 Å². The summed E-state index contributed by atoms with van der Waals surface area (Å²) >= 11 is 1.72. The molecular formula is C19H25IN6S. The van der Waals surface area contributed by atoms with Crippen LogP contribution in [0.15, 0.2) is 47.7 Å². The predicted molar refractivity (Wildman–Crippen MR) is 122 cm³/mol. The summed E-state index contributed by atoms with van der Waals surface area (Å²) in [5, 5.41) is 12.1. The van der Waals surface area contributed by atoms with E-state index in [4.69, 9.17) is 0 Å². The van der Waals surface area contributed by atoms with Gasteiger partial charge in [-0.1, -0.05) is 24.3 Å². The summed E-state index contributed by atoms with van der Waals surface area (Å²) in [4.78, 5) is 10.0. The van der Waals surface area contributed by atoms with Crippen LogP contribution in [-0.2, 0) is 19.6 Å². The van der Waals surface area contributed by atoms with Crippen molar-refractivity contribution in [3.8, 4) is 0 Å². The number of aliphatic imine (C=N–C) groups is 1. The van der Waals surface area contributed by atoms with Gasteiger partial charge >= 0.3 is 0 Å². The second-order valence-corrected chi connectivity index (χ2v) is 7.28. The Morgan fingerprint density at radius 2 is 1.85 bits per heavy atom. The SMILES string of the molecule is CN=C(NCc1ccccc1Cn1cccn1)NCc1sc(C)nc1C.I. The number of aryl methyl sites for hydroxylation is 2. The Labute approximate surface area is 181 Å². The van der Waals surface area contributed by atoms with Crippen molar-refractivity contribution in [1.82, 2.24) is 25.4 Å². The van der Waals surface area contributed by atoms with Crippen molar-refractivity contribution in [2.24, 2.45) is 4.99 Å². The maximum absolute atomic E-state index is 4.47. The molecule has 3 aromatic rings. The van der Waals surface area contributed by atoms with Crippen LogP contribution < -0.4 is 10.6 Å². The van der Waals surface area contributed by atoms with Gasteiger partial charge in [-0.2, -0.15) is 5.10 Å². The summed E-state index contributed by atoms with van der Waals surface area (Å²) in [6.07, 6.45) is 3.78. The highest BCUT2D eigenvalue weighted by Gasteiger charge is 2.07. The molecule has 0 aliphatic carbocycles. The Bertz CT molecular complexity index is 872. The Morgan fingerprint density at radius 3 is 2.48 bits per heavy atom. The Hall–Kier alpha value is -1.94. The van der Waals surface area contributed by atoms with E-state index in [-0.39, 0.29) is 24.0 Å². The average molecular weight is 496 g/mol. The standard InChI is InChI=1S/C19H24N6S.HI/c1-14-18(26-15(2)24-14)12-22-19(20-3)21-11-16-7-4-5-8-17(16)13-25-10-6-9-23-25;/h4-10H,11-13H2,1-3H3,(H2,20,21,22);1H. The molecule has 0 saturated carbocycles. The van der Waals surface area contributed by atoms with Crippen LogP contribution >= 0.6 is 35.3 Å². The highest BCUT2D eigenvalue weighted by atomic mass is 127. The van der Waals surface area contributed by atoms with Crippen LogP contribution in [0.5, 0.6) is 0 Å². The van der Waals surface area contributed by atoms with Gasteiger partial charge < -0.3 is 10.6 Å².